The fourth-order valence-electron chi connectivity index (χ4n) is 0.480. The maximum absolute atomic E-state index is 10.0. The van der Waals surface area contributed by atoms with Gasteiger partial charge in [-0.3, -0.25) is 0 Å². The molecule has 0 amide bonds. The first-order chi connectivity index (χ1) is 5.43. The summed E-state index contributed by atoms with van der Waals surface area (Å²) in [4.78, 5) is 29.7. The van der Waals surface area contributed by atoms with Gasteiger partial charge in [-0.25, -0.2) is 0 Å². The third-order valence-corrected chi connectivity index (χ3v) is 0.889. The van der Waals surface area contributed by atoms with Gasteiger partial charge in [0.2, 0.25) is 0 Å². The molecule has 9 heteroatoms. The molecular formula is C6H3K3O6. The van der Waals surface area contributed by atoms with Crippen LogP contribution in [0.5, 0.6) is 0 Å². The Labute approximate surface area is 214 Å². The molecule has 0 rings (SSSR count). The van der Waals surface area contributed by atoms with Gasteiger partial charge in [0.25, 0.3) is 0 Å². The largest absolute Gasteiger partial charge is 1.00 e. The van der Waals surface area contributed by atoms with Crippen molar-refractivity contribution in [3.05, 3.63) is 11.6 Å². The molecule has 0 bridgehead atoms. The molecule has 0 aromatic rings. The average Bonchev–Trinajstić information content (AvgIpc) is 1.83. The van der Waals surface area contributed by atoms with Gasteiger partial charge in [-0.15, -0.1) is 0 Å². The van der Waals surface area contributed by atoms with E-state index >= 15 is 0 Å². The molecule has 0 aromatic heterocycles. The number of carbonyl (C=O) groups excluding carboxylic acids is 3. The fourth-order valence-corrected chi connectivity index (χ4v) is 0.480. The topological polar surface area (TPSA) is 120 Å². The van der Waals surface area contributed by atoms with Crippen LogP contribution in [0.25, 0.3) is 0 Å². The number of carbonyl (C=O) groups is 3. The van der Waals surface area contributed by atoms with Crippen LogP contribution in [0.15, 0.2) is 11.6 Å². The summed E-state index contributed by atoms with van der Waals surface area (Å²) in [6.07, 6.45) is -0.874. The van der Waals surface area contributed by atoms with Gasteiger partial charge >= 0.3 is 154 Å². The van der Waals surface area contributed by atoms with E-state index in [0.717, 1.165) is 0 Å². The third kappa shape index (κ3) is 17.1. The van der Waals surface area contributed by atoms with E-state index in [4.69, 9.17) is 0 Å². The Hall–Kier alpha value is 3.06. The van der Waals surface area contributed by atoms with Gasteiger partial charge in [-0.2, -0.15) is 0 Å². The summed E-state index contributed by atoms with van der Waals surface area (Å²) in [6, 6.07) is 0. The van der Waals surface area contributed by atoms with Crippen molar-refractivity contribution in [1.29, 1.82) is 0 Å². The Kier molecular flexibility index (Phi) is 26.8. The minimum absolute atomic E-state index is 0. The average molecular weight is 288 g/mol. The summed E-state index contributed by atoms with van der Waals surface area (Å²) >= 11 is 0. The SMILES string of the molecule is O=C([O-])C=C(CC(=O)[O-])C(=O)[O-].[K+].[K+].[K+]. The summed E-state index contributed by atoms with van der Waals surface area (Å²) in [5.74, 6) is -5.37. The molecule has 0 radical (unpaired) electrons. The molecule has 0 aliphatic rings. The molecule has 0 fully saturated rings. The second-order valence-corrected chi connectivity index (χ2v) is 1.82. The van der Waals surface area contributed by atoms with Gasteiger partial charge in [0.1, 0.15) is 0 Å². The zero-order valence-corrected chi connectivity index (χ0v) is 18.1. The van der Waals surface area contributed by atoms with E-state index in [2.05, 4.69) is 0 Å². The Bertz CT molecular complexity index is 262. The Morgan fingerprint density at radius 2 is 1.33 bits per heavy atom. The van der Waals surface area contributed by atoms with Crippen LogP contribution in [-0.4, -0.2) is 17.9 Å². The predicted molar refractivity (Wildman–Crippen MR) is 27.7 cm³/mol. The van der Waals surface area contributed by atoms with Gasteiger partial charge in [0.15, 0.2) is 0 Å². The number of hydrogen-bond acceptors (Lipinski definition) is 6. The molecule has 0 atom stereocenters. The molecule has 0 saturated carbocycles. The number of aliphatic carboxylic acids is 3. The van der Waals surface area contributed by atoms with Crippen LogP contribution in [0, 0.1) is 0 Å². The monoisotopic (exact) mass is 288 g/mol. The summed E-state index contributed by atoms with van der Waals surface area (Å²) in [7, 11) is 0. The van der Waals surface area contributed by atoms with E-state index in [1.54, 1.807) is 0 Å². The maximum atomic E-state index is 10.0. The van der Waals surface area contributed by atoms with E-state index in [-0.39, 0.29) is 160 Å². The van der Waals surface area contributed by atoms with Crippen LogP contribution in [0.1, 0.15) is 6.42 Å². The van der Waals surface area contributed by atoms with E-state index in [1.807, 2.05) is 0 Å². The zero-order chi connectivity index (χ0) is 9.72. The normalized spacial score (nSPS) is 8.67. The predicted octanol–water partition coefficient (Wildman–Crippen LogP) is -13.4. The van der Waals surface area contributed by atoms with Crippen molar-refractivity contribution in [1.82, 2.24) is 0 Å². The Morgan fingerprint density at radius 1 is 0.933 bits per heavy atom. The van der Waals surface area contributed by atoms with Crippen molar-refractivity contribution >= 4 is 17.9 Å². The minimum atomic E-state index is -1.87. The first-order valence-electron chi connectivity index (χ1n) is 2.76. The summed E-state index contributed by atoms with van der Waals surface area (Å²) in [5, 5.41) is 29.7. The molecule has 0 saturated heterocycles. The van der Waals surface area contributed by atoms with Crippen molar-refractivity contribution in [3.63, 3.8) is 0 Å². The Balaban J connectivity index is -0.000000202. The van der Waals surface area contributed by atoms with Gasteiger partial charge in [0.05, 0.1) is 11.9 Å². The van der Waals surface area contributed by atoms with Crippen LogP contribution in [0.2, 0.25) is 0 Å². The van der Waals surface area contributed by atoms with E-state index in [0.29, 0.717) is 0 Å². The molecule has 0 heterocycles. The quantitative estimate of drug-likeness (QED) is 0.374. The zero-order valence-electron chi connectivity index (χ0n) is 8.73. The second-order valence-electron chi connectivity index (χ2n) is 1.82. The van der Waals surface area contributed by atoms with Gasteiger partial charge in [-0.1, -0.05) is 0 Å². The van der Waals surface area contributed by atoms with E-state index < -0.39 is 29.9 Å². The first-order valence-corrected chi connectivity index (χ1v) is 2.76. The molecule has 15 heavy (non-hydrogen) atoms. The molecule has 0 aliphatic heterocycles. The van der Waals surface area contributed by atoms with Crippen molar-refractivity contribution < 1.29 is 184 Å². The van der Waals surface area contributed by atoms with E-state index in [9.17, 15) is 29.7 Å². The third-order valence-electron chi connectivity index (χ3n) is 0.889. The maximum Gasteiger partial charge on any atom is 1.00 e. The molecular weight excluding hydrogens is 285 g/mol. The van der Waals surface area contributed by atoms with Crippen molar-refractivity contribution in [3.8, 4) is 0 Å². The van der Waals surface area contributed by atoms with Crippen molar-refractivity contribution in [2.45, 2.75) is 6.42 Å². The molecule has 6 nitrogen and oxygen atoms in total. The number of hydrogen-bond donors (Lipinski definition) is 0. The Morgan fingerprint density at radius 3 is 1.53 bits per heavy atom. The van der Waals surface area contributed by atoms with Crippen molar-refractivity contribution in [2.24, 2.45) is 0 Å². The molecule has 0 unspecified atom stereocenters. The summed E-state index contributed by atoms with van der Waals surface area (Å²) in [5.41, 5.74) is -0.894. The fraction of sp³-hybridized carbons (Fsp3) is 0.167. The number of carboxylic acids is 3. The molecule has 66 valence electrons. The summed E-state index contributed by atoms with van der Waals surface area (Å²) < 4.78 is 0. The van der Waals surface area contributed by atoms with Crippen LogP contribution >= 0.6 is 0 Å². The van der Waals surface area contributed by atoms with Gasteiger partial charge in [0, 0.05) is 12.4 Å². The van der Waals surface area contributed by atoms with Gasteiger partial charge < -0.3 is 29.7 Å². The molecule has 0 spiro atoms. The molecule has 0 N–H and O–H groups in total. The number of carboxylic acid groups (broad SMARTS) is 3. The van der Waals surface area contributed by atoms with Crippen LogP contribution in [-0.2, 0) is 14.4 Å². The second kappa shape index (κ2) is 15.1. The van der Waals surface area contributed by atoms with Crippen LogP contribution in [0.3, 0.4) is 0 Å². The molecule has 0 aliphatic carbocycles. The summed E-state index contributed by atoms with van der Waals surface area (Å²) in [6.45, 7) is 0. The van der Waals surface area contributed by atoms with Crippen LogP contribution in [0.4, 0.5) is 0 Å². The van der Waals surface area contributed by atoms with E-state index in [1.165, 1.54) is 0 Å². The smallest absolute Gasteiger partial charge is 0.550 e. The standard InChI is InChI=1S/C6H6O6.3K/c7-4(8)1-3(6(11)12)2-5(9)10;;;/h1H,2H2,(H,7,8)(H,9,10)(H,11,12);;;/q;3*+1/p-3. The number of rotatable bonds is 4. The molecule has 0 aromatic carbocycles. The van der Waals surface area contributed by atoms with Crippen LogP contribution < -0.4 is 169 Å². The van der Waals surface area contributed by atoms with Gasteiger partial charge in [-0.05, 0) is 11.6 Å². The minimum Gasteiger partial charge on any atom is -0.550 e. The first kappa shape index (κ1) is 26.6. The van der Waals surface area contributed by atoms with Crippen molar-refractivity contribution in [2.75, 3.05) is 0 Å².